The predicted octanol–water partition coefficient (Wildman–Crippen LogP) is 6.32. The van der Waals surface area contributed by atoms with Gasteiger partial charge in [-0.15, -0.1) is 0 Å². The molecule has 1 aliphatic heterocycles. The number of imide groups is 1. The summed E-state index contributed by atoms with van der Waals surface area (Å²) in [5, 5.41) is 1.83. The molecule has 0 N–H and O–H groups in total. The second-order valence-corrected chi connectivity index (χ2v) is 8.60. The van der Waals surface area contributed by atoms with E-state index in [2.05, 4.69) is 0 Å². The van der Waals surface area contributed by atoms with Gasteiger partial charge in [0.05, 0.1) is 22.8 Å². The van der Waals surface area contributed by atoms with E-state index in [1.807, 2.05) is 104 Å². The Hall–Kier alpha value is -3.83. The maximum absolute atomic E-state index is 13.8. The molecule has 0 radical (unpaired) electrons. The van der Waals surface area contributed by atoms with Crippen LogP contribution in [0.25, 0.3) is 16.3 Å². The number of carbonyl (C=O) groups excluding carboxylic acids is 2. The average molecular weight is 452 g/mol. The Kier molecular flexibility index (Phi) is 5.71. The molecule has 4 nitrogen and oxygen atoms in total. The number of anilines is 1. The van der Waals surface area contributed by atoms with Gasteiger partial charge in [0.25, 0.3) is 11.8 Å². The molecule has 5 heteroatoms. The highest BCUT2D eigenvalue weighted by molar-refractivity contribution is 8.04. The molecule has 4 aromatic carbocycles. The number of amides is 2. The van der Waals surface area contributed by atoms with Gasteiger partial charge in [0.1, 0.15) is 5.75 Å². The number of nitrogens with zero attached hydrogens (tertiary/aromatic N) is 1. The molecule has 4 aromatic rings. The van der Waals surface area contributed by atoms with Crippen LogP contribution in [0, 0.1) is 0 Å². The number of ether oxygens (including phenoxy) is 1. The lowest BCUT2D eigenvalue weighted by molar-refractivity contribution is -0.119. The van der Waals surface area contributed by atoms with Gasteiger partial charge in [-0.1, -0.05) is 78.5 Å². The van der Waals surface area contributed by atoms with Crippen LogP contribution in [0.2, 0.25) is 0 Å². The van der Waals surface area contributed by atoms with Crippen LogP contribution < -0.4 is 9.64 Å². The number of fused-ring (bicyclic) bond motifs is 1. The fourth-order valence-electron chi connectivity index (χ4n) is 3.97. The molecule has 5 rings (SSSR count). The second kappa shape index (κ2) is 8.96. The average Bonchev–Trinajstić information content (AvgIpc) is 3.09. The lowest BCUT2D eigenvalue weighted by atomic mass is 10.1. The smallest absolute Gasteiger partial charge is 0.272 e. The number of rotatable bonds is 6. The summed E-state index contributed by atoms with van der Waals surface area (Å²) in [7, 11) is 0. The van der Waals surface area contributed by atoms with Crippen molar-refractivity contribution in [2.24, 2.45) is 0 Å². The molecule has 2 amide bonds. The molecular weight excluding hydrogens is 430 g/mol. The van der Waals surface area contributed by atoms with E-state index < -0.39 is 0 Å². The van der Waals surface area contributed by atoms with Crippen LogP contribution in [-0.2, 0) is 9.59 Å². The first-order valence-corrected chi connectivity index (χ1v) is 11.6. The minimum Gasteiger partial charge on any atom is -0.494 e. The lowest BCUT2D eigenvalue weighted by Crippen LogP contribution is -2.31. The standard InChI is InChI=1S/C28H21NO3S/c1-2-32-21-17-15-20(16-18-21)25-26(33-22-11-4-3-5-12-22)28(31)29(27(25)30)24-14-8-10-19-9-6-7-13-23(19)24/h3-18H,2H2,1H3. The Bertz CT molecular complexity index is 1370. The number of benzene rings is 4. The summed E-state index contributed by atoms with van der Waals surface area (Å²) >= 11 is 1.32. The summed E-state index contributed by atoms with van der Waals surface area (Å²) in [6.45, 7) is 2.48. The van der Waals surface area contributed by atoms with Crippen molar-refractivity contribution in [3.8, 4) is 5.75 Å². The van der Waals surface area contributed by atoms with E-state index in [1.165, 1.54) is 16.7 Å². The molecule has 0 saturated heterocycles. The molecule has 0 bridgehead atoms. The minimum absolute atomic E-state index is 0.311. The van der Waals surface area contributed by atoms with Gasteiger partial charge >= 0.3 is 0 Å². The fraction of sp³-hybridized carbons (Fsp3) is 0.0714. The van der Waals surface area contributed by atoms with E-state index in [0.29, 0.717) is 28.3 Å². The fourth-order valence-corrected chi connectivity index (χ4v) is 4.99. The summed E-state index contributed by atoms with van der Waals surface area (Å²) in [5.41, 5.74) is 1.69. The summed E-state index contributed by atoms with van der Waals surface area (Å²) in [5.74, 6) is 0.0924. The maximum atomic E-state index is 13.8. The highest BCUT2D eigenvalue weighted by Crippen LogP contribution is 2.43. The van der Waals surface area contributed by atoms with Crippen LogP contribution in [0.5, 0.6) is 5.75 Å². The third-order valence-electron chi connectivity index (χ3n) is 5.47. The van der Waals surface area contributed by atoms with Crippen molar-refractivity contribution in [3.63, 3.8) is 0 Å². The molecular formula is C28H21NO3S. The van der Waals surface area contributed by atoms with Crippen LogP contribution in [0.15, 0.2) is 107 Å². The van der Waals surface area contributed by atoms with Crippen molar-refractivity contribution < 1.29 is 14.3 Å². The van der Waals surface area contributed by atoms with Crippen LogP contribution in [0.1, 0.15) is 12.5 Å². The number of hydrogen-bond donors (Lipinski definition) is 0. The first kappa shape index (κ1) is 21.0. The molecule has 162 valence electrons. The van der Waals surface area contributed by atoms with Crippen LogP contribution in [-0.4, -0.2) is 18.4 Å². The molecule has 1 aliphatic rings. The zero-order valence-electron chi connectivity index (χ0n) is 18.0. The Morgan fingerprint density at radius 3 is 2.21 bits per heavy atom. The van der Waals surface area contributed by atoms with Crippen molar-refractivity contribution >= 4 is 45.6 Å². The van der Waals surface area contributed by atoms with E-state index in [4.69, 9.17) is 4.74 Å². The van der Waals surface area contributed by atoms with Gasteiger partial charge in [-0.3, -0.25) is 9.59 Å². The molecule has 33 heavy (non-hydrogen) atoms. The molecule has 0 spiro atoms. The van der Waals surface area contributed by atoms with Crippen LogP contribution >= 0.6 is 11.8 Å². The predicted molar refractivity (Wildman–Crippen MR) is 133 cm³/mol. The number of hydrogen-bond acceptors (Lipinski definition) is 4. The Morgan fingerprint density at radius 2 is 1.45 bits per heavy atom. The van der Waals surface area contributed by atoms with E-state index >= 15 is 0 Å². The van der Waals surface area contributed by atoms with Crippen LogP contribution in [0.3, 0.4) is 0 Å². The monoisotopic (exact) mass is 451 g/mol. The molecule has 0 atom stereocenters. The van der Waals surface area contributed by atoms with Crippen molar-refractivity contribution in [3.05, 3.63) is 108 Å². The maximum Gasteiger partial charge on any atom is 0.272 e. The van der Waals surface area contributed by atoms with Crippen LogP contribution in [0.4, 0.5) is 5.69 Å². The molecule has 0 aromatic heterocycles. The van der Waals surface area contributed by atoms with E-state index in [0.717, 1.165) is 21.4 Å². The zero-order chi connectivity index (χ0) is 22.8. The van der Waals surface area contributed by atoms with E-state index in [1.54, 1.807) is 0 Å². The minimum atomic E-state index is -0.320. The molecule has 0 fully saturated rings. The summed E-state index contributed by atoms with van der Waals surface area (Å²) in [6.07, 6.45) is 0. The molecule has 0 aliphatic carbocycles. The first-order valence-electron chi connectivity index (χ1n) is 10.7. The van der Waals surface area contributed by atoms with Crippen molar-refractivity contribution in [2.75, 3.05) is 11.5 Å². The molecule has 1 heterocycles. The van der Waals surface area contributed by atoms with Gasteiger partial charge < -0.3 is 4.74 Å². The lowest BCUT2D eigenvalue weighted by Gasteiger charge is -2.17. The Labute approximate surface area is 196 Å². The van der Waals surface area contributed by atoms with Gasteiger partial charge in [-0.25, -0.2) is 4.90 Å². The largest absolute Gasteiger partial charge is 0.494 e. The van der Waals surface area contributed by atoms with E-state index in [9.17, 15) is 9.59 Å². The first-order chi connectivity index (χ1) is 16.2. The highest BCUT2D eigenvalue weighted by atomic mass is 32.2. The van der Waals surface area contributed by atoms with Gasteiger partial charge in [0, 0.05) is 10.3 Å². The van der Waals surface area contributed by atoms with Crippen molar-refractivity contribution in [2.45, 2.75) is 11.8 Å². The van der Waals surface area contributed by atoms with Gasteiger partial charge in [0.2, 0.25) is 0 Å². The Morgan fingerprint density at radius 1 is 0.758 bits per heavy atom. The summed E-state index contributed by atoms with van der Waals surface area (Å²) in [4.78, 5) is 30.1. The summed E-state index contributed by atoms with van der Waals surface area (Å²) in [6, 6.07) is 30.4. The van der Waals surface area contributed by atoms with Gasteiger partial charge in [-0.05, 0) is 48.2 Å². The Balaban J connectivity index is 1.63. The second-order valence-electron chi connectivity index (χ2n) is 7.52. The van der Waals surface area contributed by atoms with Gasteiger partial charge in [-0.2, -0.15) is 0 Å². The highest BCUT2D eigenvalue weighted by Gasteiger charge is 2.41. The topological polar surface area (TPSA) is 46.6 Å². The quantitative estimate of drug-likeness (QED) is 0.322. The van der Waals surface area contributed by atoms with Gasteiger partial charge in [0.15, 0.2) is 0 Å². The number of thioether (sulfide) groups is 1. The SMILES string of the molecule is CCOc1ccc(C2=C(Sc3ccccc3)C(=O)N(c3cccc4ccccc34)C2=O)cc1. The molecule has 0 unspecified atom stereocenters. The van der Waals surface area contributed by atoms with Crippen molar-refractivity contribution in [1.82, 2.24) is 0 Å². The summed E-state index contributed by atoms with van der Waals surface area (Å²) < 4.78 is 5.55. The van der Waals surface area contributed by atoms with Crippen molar-refractivity contribution in [1.29, 1.82) is 0 Å². The number of carbonyl (C=O) groups is 2. The third kappa shape index (κ3) is 3.92. The molecule has 0 saturated carbocycles. The third-order valence-corrected chi connectivity index (χ3v) is 6.56. The normalized spacial score (nSPS) is 13.8. The van der Waals surface area contributed by atoms with E-state index in [-0.39, 0.29) is 11.8 Å². The zero-order valence-corrected chi connectivity index (χ0v) is 18.8.